The van der Waals surface area contributed by atoms with Crippen LogP contribution in [-0.4, -0.2) is 35.6 Å². The van der Waals surface area contributed by atoms with E-state index >= 15 is 0 Å². The van der Waals surface area contributed by atoms with Gasteiger partial charge in [-0.3, -0.25) is 14.4 Å². The predicted molar refractivity (Wildman–Crippen MR) is 180 cm³/mol. The van der Waals surface area contributed by atoms with Crippen molar-refractivity contribution in [3.63, 3.8) is 0 Å². The Hall–Kier alpha value is -2.11. The molecule has 0 bridgehead atoms. The lowest BCUT2D eigenvalue weighted by atomic mass is 10.0. The van der Waals surface area contributed by atoms with E-state index in [1.807, 2.05) is 0 Å². The van der Waals surface area contributed by atoms with Crippen molar-refractivity contribution in [1.82, 2.24) is 5.32 Å². The molecular weight excluding hydrogens is 538 g/mol. The molecule has 0 saturated carbocycles. The Balaban J connectivity index is 3.87. The lowest BCUT2D eigenvalue weighted by molar-refractivity contribution is -0.150. The van der Waals surface area contributed by atoms with Gasteiger partial charge in [-0.2, -0.15) is 0 Å². The number of carbonyl (C=O) groups is 3. The fourth-order valence-electron chi connectivity index (χ4n) is 5.19. The number of amides is 1. The van der Waals surface area contributed by atoms with Gasteiger partial charge in [0.1, 0.15) is 12.6 Å². The highest BCUT2D eigenvalue weighted by molar-refractivity contribution is 5.80. The normalized spacial score (nSPS) is 12.2. The minimum Gasteiger partial charge on any atom is -0.480 e. The van der Waals surface area contributed by atoms with E-state index in [0.29, 0.717) is 12.8 Å². The van der Waals surface area contributed by atoms with Crippen LogP contribution in [0.5, 0.6) is 0 Å². The second-order valence-corrected chi connectivity index (χ2v) is 12.1. The summed E-state index contributed by atoms with van der Waals surface area (Å²) in [5.74, 6) is -1.28. The van der Waals surface area contributed by atoms with Crippen molar-refractivity contribution in [3.8, 4) is 0 Å². The Morgan fingerprint density at radius 3 is 1.63 bits per heavy atom. The van der Waals surface area contributed by atoms with Crippen molar-refractivity contribution < 1.29 is 24.2 Å². The van der Waals surface area contributed by atoms with Gasteiger partial charge in [0, 0.05) is 12.8 Å². The topological polar surface area (TPSA) is 92.7 Å². The zero-order valence-corrected chi connectivity index (χ0v) is 28.1. The number of rotatable bonds is 32. The van der Waals surface area contributed by atoms with Gasteiger partial charge < -0.3 is 15.2 Å². The van der Waals surface area contributed by atoms with E-state index in [0.717, 1.165) is 64.2 Å². The number of aliphatic carboxylic acids is 1. The molecule has 0 heterocycles. The smallest absolute Gasteiger partial charge is 0.322 e. The molecule has 43 heavy (non-hydrogen) atoms. The van der Waals surface area contributed by atoms with Gasteiger partial charge in [0.05, 0.1) is 0 Å². The molecule has 2 N–H and O–H groups in total. The molecule has 0 aliphatic rings. The molecule has 1 amide bonds. The Morgan fingerprint density at radius 2 is 1.07 bits per heavy atom. The molecule has 0 aromatic carbocycles. The van der Waals surface area contributed by atoms with Gasteiger partial charge >= 0.3 is 11.9 Å². The molecule has 0 radical (unpaired) electrons. The fraction of sp³-hybridized carbons (Fsp3) is 0.811. The number of esters is 1. The minimum atomic E-state index is -1.02. The van der Waals surface area contributed by atoms with Crippen LogP contribution in [0.4, 0.5) is 0 Å². The van der Waals surface area contributed by atoms with Crippen LogP contribution < -0.4 is 5.32 Å². The van der Waals surface area contributed by atoms with Crippen LogP contribution in [0.25, 0.3) is 0 Å². The molecule has 0 saturated heterocycles. The SMILES string of the molecule is CCCCCC/C=C\C/C=C\CCCCCCCCCC(=O)OC(CCCCCC)CCCCCCC(=O)NCC(=O)O. The molecule has 250 valence electrons. The van der Waals surface area contributed by atoms with E-state index in [4.69, 9.17) is 9.84 Å². The van der Waals surface area contributed by atoms with Crippen molar-refractivity contribution in [3.05, 3.63) is 24.3 Å². The Morgan fingerprint density at radius 1 is 0.605 bits per heavy atom. The van der Waals surface area contributed by atoms with E-state index in [-0.39, 0.29) is 24.5 Å². The zero-order chi connectivity index (χ0) is 31.6. The monoisotopic (exact) mass is 606 g/mol. The largest absolute Gasteiger partial charge is 0.480 e. The molecule has 6 heteroatoms. The molecule has 0 spiro atoms. The van der Waals surface area contributed by atoms with E-state index in [9.17, 15) is 14.4 Å². The molecule has 0 aromatic rings. The van der Waals surface area contributed by atoms with Gasteiger partial charge in [-0.25, -0.2) is 0 Å². The molecule has 0 aliphatic heterocycles. The first-order valence-electron chi connectivity index (χ1n) is 18.0. The molecule has 1 atom stereocenters. The summed E-state index contributed by atoms with van der Waals surface area (Å²) in [5.41, 5.74) is 0. The van der Waals surface area contributed by atoms with E-state index in [2.05, 4.69) is 43.5 Å². The van der Waals surface area contributed by atoms with Crippen LogP contribution in [0.3, 0.4) is 0 Å². The summed E-state index contributed by atoms with van der Waals surface area (Å²) in [6.45, 7) is 4.14. The fourth-order valence-corrected chi connectivity index (χ4v) is 5.19. The summed E-state index contributed by atoms with van der Waals surface area (Å²) in [7, 11) is 0. The van der Waals surface area contributed by atoms with Crippen LogP contribution in [0.2, 0.25) is 0 Å². The quantitative estimate of drug-likeness (QED) is 0.0452. The maximum absolute atomic E-state index is 12.5. The Bertz CT molecular complexity index is 718. The summed E-state index contributed by atoms with van der Waals surface area (Å²) in [4.78, 5) is 34.6. The average molecular weight is 606 g/mol. The third-order valence-corrected chi connectivity index (χ3v) is 7.88. The highest BCUT2D eigenvalue weighted by Gasteiger charge is 2.14. The summed E-state index contributed by atoms with van der Waals surface area (Å²) in [6, 6.07) is 0. The number of carboxylic acid groups (broad SMARTS) is 1. The van der Waals surface area contributed by atoms with Crippen LogP contribution >= 0.6 is 0 Å². The summed E-state index contributed by atoms with van der Waals surface area (Å²) in [6.07, 6.45) is 37.4. The first kappa shape index (κ1) is 40.9. The van der Waals surface area contributed by atoms with Crippen molar-refractivity contribution in [2.24, 2.45) is 0 Å². The molecular formula is C37H67NO5. The van der Waals surface area contributed by atoms with Crippen molar-refractivity contribution in [2.75, 3.05) is 6.54 Å². The maximum Gasteiger partial charge on any atom is 0.322 e. The number of unbranched alkanes of at least 4 members (excludes halogenated alkanes) is 17. The van der Waals surface area contributed by atoms with Gasteiger partial charge in [-0.15, -0.1) is 0 Å². The molecule has 6 nitrogen and oxygen atoms in total. The standard InChI is InChI=1S/C37H67NO5/c1-3-5-7-9-10-11-12-13-14-15-16-17-18-19-20-21-22-28-32-37(42)43-34(29-25-8-6-4-2)30-26-23-24-27-31-35(39)38-33-36(40)41/h11-12,14-15,34H,3-10,13,16-33H2,1-2H3,(H,38,39)(H,40,41)/b12-11-,15-14-. The average Bonchev–Trinajstić information content (AvgIpc) is 2.99. The minimum absolute atomic E-state index is 0.00356. The van der Waals surface area contributed by atoms with Gasteiger partial charge in [-0.05, 0) is 70.6 Å². The summed E-state index contributed by atoms with van der Waals surface area (Å²) >= 11 is 0. The molecule has 0 rings (SSSR count). The first-order valence-corrected chi connectivity index (χ1v) is 18.0. The summed E-state index contributed by atoms with van der Waals surface area (Å²) < 4.78 is 5.89. The van der Waals surface area contributed by atoms with Gasteiger partial charge in [-0.1, -0.05) is 122 Å². The lowest BCUT2D eigenvalue weighted by Crippen LogP contribution is -2.28. The van der Waals surface area contributed by atoms with Crippen molar-refractivity contribution in [2.45, 2.75) is 187 Å². The predicted octanol–water partition coefficient (Wildman–Crippen LogP) is 10.4. The molecule has 1 unspecified atom stereocenters. The zero-order valence-electron chi connectivity index (χ0n) is 28.1. The van der Waals surface area contributed by atoms with Crippen LogP contribution in [0.15, 0.2) is 24.3 Å². The van der Waals surface area contributed by atoms with Crippen LogP contribution in [0.1, 0.15) is 181 Å². The molecule has 0 aromatic heterocycles. The van der Waals surface area contributed by atoms with E-state index in [1.165, 1.54) is 89.9 Å². The maximum atomic E-state index is 12.5. The Kier molecular flexibility index (Phi) is 31.2. The lowest BCUT2D eigenvalue weighted by Gasteiger charge is -2.18. The van der Waals surface area contributed by atoms with Crippen LogP contribution in [0, 0.1) is 0 Å². The third kappa shape index (κ3) is 32.6. The van der Waals surface area contributed by atoms with Gasteiger partial charge in [0.2, 0.25) is 5.91 Å². The number of allylic oxidation sites excluding steroid dienone is 4. The second-order valence-electron chi connectivity index (χ2n) is 12.1. The second kappa shape index (κ2) is 32.8. The third-order valence-electron chi connectivity index (χ3n) is 7.88. The highest BCUT2D eigenvalue weighted by atomic mass is 16.5. The first-order chi connectivity index (χ1) is 21.0. The Labute approximate surface area is 264 Å². The highest BCUT2D eigenvalue weighted by Crippen LogP contribution is 2.18. The van der Waals surface area contributed by atoms with Crippen molar-refractivity contribution in [1.29, 1.82) is 0 Å². The number of hydrogen-bond acceptors (Lipinski definition) is 4. The number of nitrogens with one attached hydrogen (secondary N) is 1. The number of carbonyl (C=O) groups excluding carboxylic acids is 2. The van der Waals surface area contributed by atoms with Crippen LogP contribution in [-0.2, 0) is 19.1 Å². The number of carboxylic acids is 1. The summed E-state index contributed by atoms with van der Waals surface area (Å²) in [5, 5.41) is 11.0. The van der Waals surface area contributed by atoms with E-state index in [1.54, 1.807) is 0 Å². The number of ether oxygens (including phenoxy) is 1. The molecule has 0 aliphatic carbocycles. The number of hydrogen-bond donors (Lipinski definition) is 2. The van der Waals surface area contributed by atoms with Gasteiger partial charge in [0.25, 0.3) is 0 Å². The van der Waals surface area contributed by atoms with E-state index < -0.39 is 5.97 Å². The molecule has 0 fully saturated rings. The van der Waals surface area contributed by atoms with Gasteiger partial charge in [0.15, 0.2) is 0 Å². The van der Waals surface area contributed by atoms with Crippen molar-refractivity contribution >= 4 is 17.8 Å².